The smallest absolute Gasteiger partial charge is 0.274 e. The summed E-state index contributed by atoms with van der Waals surface area (Å²) in [6.07, 6.45) is 5.14. The van der Waals surface area contributed by atoms with Crippen molar-refractivity contribution in [2.24, 2.45) is 11.8 Å². The van der Waals surface area contributed by atoms with Crippen LogP contribution in [0.5, 0.6) is 0 Å². The van der Waals surface area contributed by atoms with Crippen molar-refractivity contribution >= 4 is 11.6 Å². The van der Waals surface area contributed by atoms with Crippen LogP contribution in [0.3, 0.4) is 0 Å². The molecule has 3 atom stereocenters. The first-order chi connectivity index (χ1) is 10.5. The lowest BCUT2D eigenvalue weighted by molar-refractivity contribution is -0.405. The van der Waals surface area contributed by atoms with Crippen LogP contribution in [-0.2, 0) is 6.54 Å². The first-order valence-electron chi connectivity index (χ1n) is 7.51. The summed E-state index contributed by atoms with van der Waals surface area (Å²) in [5.74, 6) is 1.66. The zero-order valence-electron chi connectivity index (χ0n) is 12.4. The first kappa shape index (κ1) is 15.1. The van der Waals surface area contributed by atoms with E-state index in [1.807, 2.05) is 6.07 Å². The van der Waals surface area contributed by atoms with Gasteiger partial charge in [0.2, 0.25) is 0 Å². The highest BCUT2D eigenvalue weighted by Gasteiger charge is 2.42. The van der Waals surface area contributed by atoms with Gasteiger partial charge in [0.05, 0.1) is 4.92 Å². The Morgan fingerprint density at radius 2 is 2.36 bits per heavy atom. The Labute approximate surface area is 134 Å². The third-order valence-electron chi connectivity index (χ3n) is 4.64. The highest BCUT2D eigenvalue weighted by atomic mass is 35.5. The number of aromatic nitrogens is 1. The number of hydrogen-bond acceptors (Lipinski definition) is 5. The summed E-state index contributed by atoms with van der Waals surface area (Å²) in [6.45, 7) is 3.64. The van der Waals surface area contributed by atoms with Gasteiger partial charge in [0.1, 0.15) is 5.15 Å². The van der Waals surface area contributed by atoms with E-state index in [0.29, 0.717) is 35.4 Å². The second-order valence-corrected chi connectivity index (χ2v) is 6.49. The van der Waals surface area contributed by atoms with Crippen molar-refractivity contribution in [1.82, 2.24) is 15.2 Å². The van der Waals surface area contributed by atoms with E-state index < -0.39 is 4.92 Å². The minimum atomic E-state index is -0.393. The highest BCUT2D eigenvalue weighted by Crippen LogP contribution is 2.39. The van der Waals surface area contributed by atoms with Crippen molar-refractivity contribution in [1.29, 1.82) is 0 Å². The molecule has 0 amide bonds. The maximum Gasteiger partial charge on any atom is 0.274 e. The molecule has 1 N–H and O–H groups in total. The van der Waals surface area contributed by atoms with Crippen molar-refractivity contribution < 1.29 is 4.92 Å². The van der Waals surface area contributed by atoms with E-state index in [2.05, 4.69) is 22.1 Å². The molecule has 1 aromatic rings. The van der Waals surface area contributed by atoms with Crippen molar-refractivity contribution in [2.75, 3.05) is 6.54 Å². The van der Waals surface area contributed by atoms with Crippen LogP contribution in [0.15, 0.2) is 30.4 Å². The SMILES string of the molecule is CC1CCC2CN/C(=C\[N+](=O)[O-])N(Cc3ccc(Cl)nc3)C12. The molecule has 7 heteroatoms. The standard InChI is InChI=1S/C15H19ClN4O2/c1-10-2-4-12-7-18-14(9-20(21)22)19(15(10)12)8-11-3-5-13(16)17-6-11/h3,5-6,9-10,12,15,18H,2,4,7-8H2,1H3/b14-9+. The lowest BCUT2D eigenvalue weighted by Crippen LogP contribution is -2.51. The van der Waals surface area contributed by atoms with Crippen LogP contribution in [0.25, 0.3) is 0 Å². The number of nitrogens with zero attached hydrogens (tertiary/aromatic N) is 3. The summed E-state index contributed by atoms with van der Waals surface area (Å²) in [7, 11) is 0. The number of halogens is 1. The van der Waals surface area contributed by atoms with Gasteiger partial charge in [0.15, 0.2) is 5.82 Å². The number of nitrogens with one attached hydrogen (secondary N) is 1. The third-order valence-corrected chi connectivity index (χ3v) is 4.87. The Hall–Kier alpha value is -1.82. The van der Waals surface area contributed by atoms with Crippen LogP contribution in [-0.4, -0.2) is 27.4 Å². The van der Waals surface area contributed by atoms with Gasteiger partial charge in [-0.1, -0.05) is 24.6 Å². The Morgan fingerprint density at radius 1 is 1.55 bits per heavy atom. The minimum absolute atomic E-state index is 0.336. The molecule has 2 fully saturated rings. The van der Waals surface area contributed by atoms with Crippen LogP contribution < -0.4 is 5.32 Å². The second kappa shape index (κ2) is 6.12. The van der Waals surface area contributed by atoms with Gasteiger partial charge >= 0.3 is 0 Å². The number of hydrogen-bond donors (Lipinski definition) is 1. The Morgan fingerprint density at radius 3 is 3.05 bits per heavy atom. The summed E-state index contributed by atoms with van der Waals surface area (Å²) >= 11 is 5.83. The molecule has 3 unspecified atom stereocenters. The molecular weight excluding hydrogens is 304 g/mol. The van der Waals surface area contributed by atoms with Gasteiger partial charge in [-0.15, -0.1) is 0 Å². The quantitative estimate of drug-likeness (QED) is 0.526. The maximum absolute atomic E-state index is 10.9. The third kappa shape index (κ3) is 3.02. The highest BCUT2D eigenvalue weighted by molar-refractivity contribution is 6.29. The molecule has 22 heavy (non-hydrogen) atoms. The fraction of sp³-hybridized carbons (Fsp3) is 0.533. The molecule has 6 nitrogen and oxygen atoms in total. The molecule has 2 heterocycles. The number of fused-ring (bicyclic) bond motifs is 1. The van der Waals surface area contributed by atoms with E-state index in [1.165, 1.54) is 6.42 Å². The molecule has 0 bridgehead atoms. The molecule has 1 saturated heterocycles. The van der Waals surface area contributed by atoms with Crippen molar-refractivity contribution in [3.05, 3.63) is 51.2 Å². The van der Waals surface area contributed by atoms with Crippen LogP contribution in [0.4, 0.5) is 0 Å². The first-order valence-corrected chi connectivity index (χ1v) is 7.88. The average Bonchev–Trinajstić information content (AvgIpc) is 2.85. The monoisotopic (exact) mass is 322 g/mol. The molecule has 1 aliphatic heterocycles. The minimum Gasteiger partial charge on any atom is -0.366 e. The Balaban J connectivity index is 1.89. The molecule has 3 rings (SSSR count). The molecule has 2 aliphatic rings. The summed E-state index contributed by atoms with van der Waals surface area (Å²) in [6, 6.07) is 4.01. The molecule has 118 valence electrons. The lowest BCUT2D eigenvalue weighted by Gasteiger charge is -2.42. The van der Waals surface area contributed by atoms with Crippen LogP contribution in [0.2, 0.25) is 5.15 Å². The summed E-state index contributed by atoms with van der Waals surface area (Å²) in [5, 5.41) is 14.6. The van der Waals surface area contributed by atoms with Gasteiger partial charge in [0, 0.05) is 25.3 Å². The van der Waals surface area contributed by atoms with Crippen LogP contribution in [0, 0.1) is 22.0 Å². The van der Waals surface area contributed by atoms with E-state index in [4.69, 9.17) is 11.6 Å². The lowest BCUT2D eigenvalue weighted by atomic mass is 9.94. The zero-order valence-corrected chi connectivity index (χ0v) is 13.2. The molecule has 1 aliphatic carbocycles. The summed E-state index contributed by atoms with van der Waals surface area (Å²) < 4.78 is 0. The van der Waals surface area contributed by atoms with Gasteiger partial charge in [-0.05, 0) is 36.3 Å². The molecule has 0 radical (unpaired) electrons. The normalized spacial score (nSPS) is 29.3. The van der Waals surface area contributed by atoms with Gasteiger partial charge < -0.3 is 10.2 Å². The van der Waals surface area contributed by atoms with E-state index in [-0.39, 0.29) is 0 Å². The predicted octanol–water partition coefficient (Wildman–Crippen LogP) is 2.63. The largest absolute Gasteiger partial charge is 0.366 e. The molecule has 0 aromatic carbocycles. The van der Waals surface area contributed by atoms with Gasteiger partial charge in [-0.2, -0.15) is 0 Å². The maximum atomic E-state index is 10.9. The predicted molar refractivity (Wildman–Crippen MR) is 83.5 cm³/mol. The molecule has 1 saturated carbocycles. The van der Waals surface area contributed by atoms with Crippen molar-refractivity contribution in [3.63, 3.8) is 0 Å². The van der Waals surface area contributed by atoms with E-state index in [0.717, 1.165) is 24.7 Å². The zero-order chi connectivity index (χ0) is 15.7. The van der Waals surface area contributed by atoms with E-state index in [9.17, 15) is 10.1 Å². The average molecular weight is 323 g/mol. The Bertz CT molecular complexity index is 590. The molecule has 0 spiro atoms. The molecular formula is C15H19ClN4O2. The number of nitro groups is 1. The van der Waals surface area contributed by atoms with Gasteiger partial charge in [0.25, 0.3) is 6.20 Å². The fourth-order valence-corrected chi connectivity index (χ4v) is 3.78. The summed E-state index contributed by atoms with van der Waals surface area (Å²) in [5.41, 5.74) is 1.00. The van der Waals surface area contributed by atoms with Crippen LogP contribution >= 0.6 is 11.6 Å². The molecule has 1 aromatic heterocycles. The van der Waals surface area contributed by atoms with Crippen molar-refractivity contribution in [2.45, 2.75) is 32.4 Å². The summed E-state index contributed by atoms with van der Waals surface area (Å²) in [4.78, 5) is 16.7. The van der Waals surface area contributed by atoms with E-state index >= 15 is 0 Å². The van der Waals surface area contributed by atoms with Crippen molar-refractivity contribution in [3.8, 4) is 0 Å². The fourth-order valence-electron chi connectivity index (χ4n) is 3.67. The van der Waals surface area contributed by atoms with E-state index in [1.54, 1.807) is 12.3 Å². The Kier molecular flexibility index (Phi) is 4.20. The number of rotatable bonds is 3. The topological polar surface area (TPSA) is 71.3 Å². The van der Waals surface area contributed by atoms with Crippen LogP contribution in [0.1, 0.15) is 25.3 Å². The second-order valence-electron chi connectivity index (χ2n) is 6.10. The van der Waals surface area contributed by atoms with Gasteiger partial charge in [-0.25, -0.2) is 4.98 Å². The number of pyridine rings is 1. The van der Waals surface area contributed by atoms with Gasteiger partial charge in [-0.3, -0.25) is 10.1 Å².